The van der Waals surface area contributed by atoms with Gasteiger partial charge in [0.15, 0.2) is 0 Å². The van der Waals surface area contributed by atoms with E-state index in [2.05, 4.69) is 5.32 Å². The van der Waals surface area contributed by atoms with E-state index in [0.717, 1.165) is 12.8 Å². The molecule has 0 atom stereocenters. The maximum Gasteiger partial charge on any atom is 0.317 e. The van der Waals surface area contributed by atoms with Crippen LogP contribution in [0.25, 0.3) is 0 Å². The quantitative estimate of drug-likeness (QED) is 0.728. The monoisotopic (exact) mass is 254 g/mol. The Bertz CT molecular complexity index is 344. The van der Waals surface area contributed by atoms with Crippen LogP contribution in [0.1, 0.15) is 26.7 Å². The average Bonchev–Trinajstić information content (AvgIpc) is 3.13. The Morgan fingerprint density at radius 3 is 2.17 bits per heavy atom. The second kappa shape index (κ2) is 4.76. The molecule has 6 nitrogen and oxygen atoms in total. The van der Waals surface area contributed by atoms with Crippen LogP contribution in [0.2, 0.25) is 0 Å². The van der Waals surface area contributed by atoms with Crippen molar-refractivity contribution < 1.29 is 9.59 Å². The van der Waals surface area contributed by atoms with E-state index in [9.17, 15) is 9.59 Å². The summed E-state index contributed by atoms with van der Waals surface area (Å²) < 4.78 is 0. The van der Waals surface area contributed by atoms with Gasteiger partial charge in [0.1, 0.15) is 0 Å². The molecule has 2 aliphatic rings. The molecule has 0 aromatic heterocycles. The van der Waals surface area contributed by atoms with Crippen molar-refractivity contribution in [1.82, 2.24) is 15.1 Å². The maximum absolute atomic E-state index is 11.8. The summed E-state index contributed by atoms with van der Waals surface area (Å²) >= 11 is 0. The third kappa shape index (κ3) is 2.75. The van der Waals surface area contributed by atoms with E-state index in [1.165, 1.54) is 0 Å². The number of piperazine rings is 1. The molecule has 0 aromatic carbocycles. The fourth-order valence-corrected chi connectivity index (χ4v) is 2.12. The number of urea groups is 1. The number of carbonyl (C=O) groups excluding carboxylic acids is 2. The van der Waals surface area contributed by atoms with Crippen LogP contribution < -0.4 is 11.1 Å². The van der Waals surface area contributed by atoms with Crippen LogP contribution in [-0.2, 0) is 4.79 Å². The molecule has 2 fully saturated rings. The number of rotatable bonds is 3. The van der Waals surface area contributed by atoms with Gasteiger partial charge in [-0.2, -0.15) is 0 Å². The summed E-state index contributed by atoms with van der Waals surface area (Å²) in [6.07, 6.45) is 2.20. The molecular formula is C12H22N4O2. The van der Waals surface area contributed by atoms with E-state index in [1.807, 2.05) is 23.6 Å². The Morgan fingerprint density at radius 2 is 1.72 bits per heavy atom. The van der Waals surface area contributed by atoms with Gasteiger partial charge >= 0.3 is 6.03 Å². The summed E-state index contributed by atoms with van der Waals surface area (Å²) in [5, 5.41) is 2.98. The van der Waals surface area contributed by atoms with Gasteiger partial charge in [0.25, 0.3) is 0 Å². The lowest BCUT2D eigenvalue weighted by Gasteiger charge is -2.42. The molecule has 0 spiro atoms. The van der Waals surface area contributed by atoms with Crippen molar-refractivity contribution in [2.75, 3.05) is 26.2 Å². The number of nitrogens with two attached hydrogens (primary N) is 1. The van der Waals surface area contributed by atoms with Crippen molar-refractivity contribution >= 4 is 11.9 Å². The average molecular weight is 254 g/mol. The number of primary amides is 1. The van der Waals surface area contributed by atoms with Crippen LogP contribution in [0.3, 0.4) is 0 Å². The predicted octanol–water partition coefficient (Wildman–Crippen LogP) is -0.260. The Balaban J connectivity index is 1.83. The second-order valence-corrected chi connectivity index (χ2v) is 5.62. The fourth-order valence-electron chi connectivity index (χ4n) is 2.12. The molecule has 1 saturated carbocycles. The Kier molecular flexibility index (Phi) is 3.47. The minimum atomic E-state index is -0.640. The number of nitrogens with one attached hydrogen (secondary N) is 1. The Labute approximate surface area is 107 Å². The standard InChI is InChI=1S/C12H22N4O2/c1-12(2,10(13)17)16-7-5-15(6-8-16)11(18)14-9-3-4-9/h9H,3-8H2,1-2H3,(H2,13,17)(H,14,18). The zero-order valence-electron chi connectivity index (χ0n) is 11.1. The van der Waals surface area contributed by atoms with Crippen molar-refractivity contribution in [3.05, 3.63) is 0 Å². The lowest BCUT2D eigenvalue weighted by Crippen LogP contribution is -2.61. The molecule has 2 rings (SSSR count). The van der Waals surface area contributed by atoms with Crippen molar-refractivity contribution in [3.8, 4) is 0 Å². The summed E-state index contributed by atoms with van der Waals surface area (Å²) in [4.78, 5) is 27.1. The van der Waals surface area contributed by atoms with Crippen molar-refractivity contribution in [1.29, 1.82) is 0 Å². The van der Waals surface area contributed by atoms with Crippen molar-refractivity contribution in [3.63, 3.8) is 0 Å². The highest BCUT2D eigenvalue weighted by molar-refractivity contribution is 5.83. The highest BCUT2D eigenvalue weighted by atomic mass is 16.2. The van der Waals surface area contributed by atoms with Gasteiger partial charge in [0.2, 0.25) is 5.91 Å². The molecular weight excluding hydrogens is 232 g/mol. The van der Waals surface area contributed by atoms with Gasteiger partial charge in [-0.1, -0.05) is 0 Å². The van der Waals surface area contributed by atoms with Gasteiger partial charge in [-0.05, 0) is 26.7 Å². The molecule has 1 aliphatic carbocycles. The molecule has 0 unspecified atom stereocenters. The lowest BCUT2D eigenvalue weighted by atomic mass is 10.0. The van der Waals surface area contributed by atoms with E-state index in [4.69, 9.17) is 5.73 Å². The molecule has 0 radical (unpaired) electrons. The predicted molar refractivity (Wildman–Crippen MR) is 68.0 cm³/mol. The van der Waals surface area contributed by atoms with E-state index in [1.54, 1.807) is 0 Å². The van der Waals surface area contributed by atoms with Crippen molar-refractivity contribution in [2.24, 2.45) is 5.73 Å². The van der Waals surface area contributed by atoms with Crippen LogP contribution in [-0.4, -0.2) is 59.5 Å². The van der Waals surface area contributed by atoms with E-state index in [-0.39, 0.29) is 11.9 Å². The van der Waals surface area contributed by atoms with Gasteiger partial charge in [0, 0.05) is 32.2 Å². The zero-order chi connectivity index (χ0) is 13.3. The smallest absolute Gasteiger partial charge is 0.317 e. The number of nitrogens with zero attached hydrogens (tertiary/aromatic N) is 2. The molecule has 102 valence electrons. The first-order valence-corrected chi connectivity index (χ1v) is 6.51. The summed E-state index contributed by atoms with van der Waals surface area (Å²) in [5.41, 5.74) is 4.76. The zero-order valence-corrected chi connectivity index (χ0v) is 11.1. The van der Waals surface area contributed by atoms with Gasteiger partial charge < -0.3 is 16.0 Å². The van der Waals surface area contributed by atoms with Gasteiger partial charge in [-0.25, -0.2) is 4.79 Å². The number of carbonyl (C=O) groups is 2. The summed E-state index contributed by atoms with van der Waals surface area (Å²) in [7, 11) is 0. The first-order chi connectivity index (χ1) is 8.41. The SMILES string of the molecule is CC(C)(C(N)=O)N1CCN(C(=O)NC2CC2)CC1. The summed E-state index contributed by atoms with van der Waals surface area (Å²) in [6.45, 7) is 6.33. The molecule has 3 amide bonds. The minimum absolute atomic E-state index is 0.0223. The topological polar surface area (TPSA) is 78.7 Å². The highest BCUT2D eigenvalue weighted by Crippen LogP contribution is 2.20. The number of hydrogen-bond donors (Lipinski definition) is 2. The van der Waals surface area contributed by atoms with Gasteiger partial charge in [-0.15, -0.1) is 0 Å². The lowest BCUT2D eigenvalue weighted by molar-refractivity contribution is -0.129. The molecule has 1 aliphatic heterocycles. The summed E-state index contributed by atoms with van der Waals surface area (Å²) in [6, 6.07) is 0.409. The van der Waals surface area contributed by atoms with Crippen LogP contribution in [0.15, 0.2) is 0 Å². The Morgan fingerprint density at radius 1 is 1.17 bits per heavy atom. The first-order valence-electron chi connectivity index (χ1n) is 6.51. The van der Waals surface area contributed by atoms with Crippen LogP contribution >= 0.6 is 0 Å². The maximum atomic E-state index is 11.8. The molecule has 3 N–H and O–H groups in total. The molecule has 6 heteroatoms. The fraction of sp³-hybridized carbons (Fsp3) is 0.833. The van der Waals surface area contributed by atoms with Crippen LogP contribution in [0.5, 0.6) is 0 Å². The van der Waals surface area contributed by atoms with Crippen LogP contribution in [0, 0.1) is 0 Å². The summed E-state index contributed by atoms with van der Waals surface area (Å²) in [5.74, 6) is -0.321. The number of hydrogen-bond acceptors (Lipinski definition) is 3. The van der Waals surface area contributed by atoms with Gasteiger partial charge in [-0.3, -0.25) is 9.69 Å². The van der Waals surface area contributed by atoms with Crippen molar-refractivity contribution in [2.45, 2.75) is 38.3 Å². The molecule has 18 heavy (non-hydrogen) atoms. The molecule has 0 bridgehead atoms. The van der Waals surface area contributed by atoms with E-state index < -0.39 is 5.54 Å². The third-order valence-corrected chi connectivity index (χ3v) is 3.87. The molecule has 0 aromatic rings. The second-order valence-electron chi connectivity index (χ2n) is 5.62. The first kappa shape index (κ1) is 13.1. The van der Waals surface area contributed by atoms with E-state index in [0.29, 0.717) is 32.2 Å². The third-order valence-electron chi connectivity index (χ3n) is 3.87. The number of amides is 3. The van der Waals surface area contributed by atoms with Crippen LogP contribution in [0.4, 0.5) is 4.79 Å². The Hall–Kier alpha value is -1.30. The van der Waals surface area contributed by atoms with E-state index >= 15 is 0 Å². The molecule has 1 saturated heterocycles. The minimum Gasteiger partial charge on any atom is -0.368 e. The normalized spacial score (nSPS) is 21.8. The molecule has 1 heterocycles. The largest absolute Gasteiger partial charge is 0.368 e. The highest BCUT2D eigenvalue weighted by Gasteiger charge is 2.36. The van der Waals surface area contributed by atoms with Gasteiger partial charge in [0.05, 0.1) is 5.54 Å².